The molecule has 0 radical (unpaired) electrons. The van der Waals surface area contributed by atoms with Crippen LogP contribution in [0.15, 0.2) is 61.2 Å². The summed E-state index contributed by atoms with van der Waals surface area (Å²) in [6, 6.07) is 14.8. The van der Waals surface area contributed by atoms with Crippen LogP contribution in [0.3, 0.4) is 0 Å². The van der Waals surface area contributed by atoms with Crippen molar-refractivity contribution in [3.8, 4) is 11.6 Å². The molecule has 1 saturated heterocycles. The van der Waals surface area contributed by atoms with Crippen molar-refractivity contribution in [2.24, 2.45) is 5.73 Å². The number of nitrogens with two attached hydrogens (primary N) is 1. The molecule has 10 heteroatoms. The molecular formula is C27H31N7O3. The molecule has 3 aromatic rings. The average molecular weight is 502 g/mol. The van der Waals surface area contributed by atoms with Crippen molar-refractivity contribution in [2.45, 2.75) is 13.3 Å². The van der Waals surface area contributed by atoms with Crippen molar-refractivity contribution in [1.29, 1.82) is 0 Å². The number of piperazine rings is 1. The molecular weight excluding hydrogens is 470 g/mol. The van der Waals surface area contributed by atoms with E-state index in [9.17, 15) is 9.59 Å². The molecule has 10 nitrogen and oxygen atoms in total. The Labute approximate surface area is 216 Å². The number of nitrogens with zero attached hydrogens (tertiary/aromatic N) is 4. The molecule has 1 aromatic heterocycles. The Morgan fingerprint density at radius 1 is 1.08 bits per heavy atom. The number of carbonyl (C=O) groups is 2. The number of ether oxygens (including phenoxy) is 1. The summed E-state index contributed by atoms with van der Waals surface area (Å²) in [6.07, 6.45) is 1.65. The third-order valence-corrected chi connectivity index (χ3v) is 5.98. The van der Waals surface area contributed by atoms with Crippen LogP contribution in [-0.4, -0.2) is 59.9 Å². The van der Waals surface area contributed by atoms with Crippen molar-refractivity contribution in [3.05, 3.63) is 72.6 Å². The number of benzene rings is 2. The van der Waals surface area contributed by atoms with Crippen LogP contribution in [0.25, 0.3) is 0 Å². The zero-order valence-electron chi connectivity index (χ0n) is 21.0. The average Bonchev–Trinajstić information content (AvgIpc) is 2.89. The highest BCUT2D eigenvalue weighted by Gasteiger charge is 2.20. The van der Waals surface area contributed by atoms with Gasteiger partial charge in [-0.15, -0.1) is 0 Å². The first kappa shape index (κ1) is 25.6. The topological polar surface area (TPSA) is 126 Å². The number of nitrogens with one attached hydrogen (secondary N) is 2. The normalized spacial score (nSPS) is 13.6. The van der Waals surface area contributed by atoms with Crippen molar-refractivity contribution in [1.82, 2.24) is 14.9 Å². The van der Waals surface area contributed by atoms with E-state index in [1.165, 1.54) is 6.08 Å². The summed E-state index contributed by atoms with van der Waals surface area (Å²) >= 11 is 0. The number of anilines is 4. The number of amides is 2. The number of aryl methyl sites for hydroxylation is 1. The lowest BCUT2D eigenvalue weighted by Crippen LogP contribution is -2.44. The standard InChI is InChI=1S/C27H31N7O3/c1-4-22-27(37-21-11-7-9-19(17-21)29-23(35)5-2)32-26(24(31-22)25(28)36)30-18-8-6-10-20(16-18)34-14-12-33(3)13-15-34/h5-11,16-17H,2,4,12-15H2,1,3H3,(H2,28,36)(H,29,35)(H,30,32). The van der Waals surface area contributed by atoms with Gasteiger partial charge in [0.2, 0.25) is 11.8 Å². The van der Waals surface area contributed by atoms with Crippen LogP contribution in [0, 0.1) is 0 Å². The fourth-order valence-corrected chi connectivity index (χ4v) is 3.95. The van der Waals surface area contributed by atoms with E-state index >= 15 is 0 Å². The van der Waals surface area contributed by atoms with E-state index in [0.717, 1.165) is 37.6 Å². The Kier molecular flexibility index (Phi) is 7.99. The Morgan fingerprint density at radius 2 is 1.81 bits per heavy atom. The monoisotopic (exact) mass is 501 g/mol. The predicted molar refractivity (Wildman–Crippen MR) is 145 cm³/mol. The fraction of sp³-hybridized carbons (Fsp3) is 0.259. The van der Waals surface area contributed by atoms with Gasteiger partial charge in [0.15, 0.2) is 11.5 Å². The van der Waals surface area contributed by atoms with Crippen LogP contribution in [-0.2, 0) is 11.2 Å². The number of likely N-dealkylation sites (N-methyl/N-ethyl adjacent to an activating group) is 1. The Balaban J connectivity index is 1.63. The molecule has 0 atom stereocenters. The minimum atomic E-state index is -0.694. The van der Waals surface area contributed by atoms with E-state index in [-0.39, 0.29) is 23.3 Å². The molecule has 4 rings (SSSR count). The van der Waals surface area contributed by atoms with Crippen LogP contribution >= 0.6 is 0 Å². The van der Waals surface area contributed by atoms with Gasteiger partial charge in [0.1, 0.15) is 11.4 Å². The van der Waals surface area contributed by atoms with Crippen LogP contribution in [0.1, 0.15) is 23.1 Å². The van der Waals surface area contributed by atoms with Gasteiger partial charge in [-0.2, -0.15) is 4.98 Å². The molecule has 1 aliphatic rings. The lowest BCUT2D eigenvalue weighted by atomic mass is 10.2. The van der Waals surface area contributed by atoms with E-state index < -0.39 is 5.91 Å². The number of hydrogen-bond acceptors (Lipinski definition) is 8. The van der Waals surface area contributed by atoms with Crippen molar-refractivity contribution < 1.29 is 14.3 Å². The van der Waals surface area contributed by atoms with Gasteiger partial charge in [0.25, 0.3) is 5.91 Å². The Hall–Kier alpha value is -4.44. The lowest BCUT2D eigenvalue weighted by molar-refractivity contribution is -0.111. The quantitative estimate of drug-likeness (QED) is 0.380. The van der Waals surface area contributed by atoms with Gasteiger partial charge in [-0.1, -0.05) is 25.6 Å². The maximum absolute atomic E-state index is 12.2. The molecule has 0 spiro atoms. The highest BCUT2D eigenvalue weighted by atomic mass is 16.5. The summed E-state index contributed by atoms with van der Waals surface area (Å²) in [6.45, 7) is 9.19. The largest absolute Gasteiger partial charge is 0.437 e. The van der Waals surface area contributed by atoms with Gasteiger partial charge in [-0.3, -0.25) is 9.59 Å². The SMILES string of the molecule is C=CC(=O)Nc1cccc(Oc2nc(Nc3cccc(N4CCN(C)CC4)c3)c(C(N)=O)nc2CC)c1. The molecule has 0 unspecified atom stereocenters. The second-order valence-electron chi connectivity index (χ2n) is 8.68. The van der Waals surface area contributed by atoms with Gasteiger partial charge in [-0.05, 0) is 49.9 Å². The van der Waals surface area contributed by atoms with E-state index in [0.29, 0.717) is 23.6 Å². The van der Waals surface area contributed by atoms with Gasteiger partial charge in [0.05, 0.1) is 0 Å². The molecule has 37 heavy (non-hydrogen) atoms. The van der Waals surface area contributed by atoms with E-state index in [2.05, 4.69) is 50.1 Å². The van der Waals surface area contributed by atoms with Crippen LogP contribution in [0.5, 0.6) is 11.6 Å². The molecule has 0 bridgehead atoms. The number of rotatable bonds is 9. The number of primary amides is 1. The van der Waals surface area contributed by atoms with Crippen LogP contribution in [0.2, 0.25) is 0 Å². The predicted octanol–water partition coefficient (Wildman–Crippen LogP) is 3.55. The van der Waals surface area contributed by atoms with E-state index in [4.69, 9.17) is 10.5 Å². The van der Waals surface area contributed by atoms with Gasteiger partial charge in [0, 0.05) is 49.3 Å². The molecule has 2 aromatic carbocycles. The first-order chi connectivity index (χ1) is 17.9. The summed E-state index contributed by atoms with van der Waals surface area (Å²) in [5, 5.41) is 5.90. The molecule has 2 heterocycles. The number of carbonyl (C=O) groups excluding carboxylic acids is 2. The van der Waals surface area contributed by atoms with Crippen LogP contribution < -0.4 is 26.0 Å². The molecule has 4 N–H and O–H groups in total. The molecule has 2 amide bonds. The third kappa shape index (κ3) is 6.42. The molecule has 0 aliphatic carbocycles. The van der Waals surface area contributed by atoms with Crippen molar-refractivity contribution >= 4 is 34.7 Å². The summed E-state index contributed by atoms with van der Waals surface area (Å²) in [4.78, 5) is 37.6. The minimum absolute atomic E-state index is 0.0289. The Morgan fingerprint density at radius 3 is 2.51 bits per heavy atom. The smallest absolute Gasteiger partial charge is 0.271 e. The minimum Gasteiger partial charge on any atom is -0.437 e. The van der Waals surface area contributed by atoms with Gasteiger partial charge < -0.3 is 30.9 Å². The van der Waals surface area contributed by atoms with Crippen molar-refractivity contribution in [2.75, 3.05) is 48.8 Å². The second-order valence-corrected chi connectivity index (χ2v) is 8.68. The number of aromatic nitrogens is 2. The molecule has 1 aliphatic heterocycles. The van der Waals surface area contributed by atoms with E-state index in [1.807, 2.05) is 25.1 Å². The second kappa shape index (κ2) is 11.5. The summed E-state index contributed by atoms with van der Waals surface area (Å²) in [7, 11) is 2.12. The maximum Gasteiger partial charge on any atom is 0.271 e. The summed E-state index contributed by atoms with van der Waals surface area (Å²) in [5.74, 6) is -0.146. The molecule has 0 saturated carbocycles. The zero-order valence-corrected chi connectivity index (χ0v) is 21.0. The third-order valence-electron chi connectivity index (χ3n) is 5.98. The first-order valence-corrected chi connectivity index (χ1v) is 12.1. The highest BCUT2D eigenvalue weighted by molar-refractivity contribution is 5.99. The van der Waals surface area contributed by atoms with Gasteiger partial charge in [-0.25, -0.2) is 4.98 Å². The first-order valence-electron chi connectivity index (χ1n) is 12.1. The summed E-state index contributed by atoms with van der Waals surface area (Å²) < 4.78 is 6.04. The Bertz CT molecular complexity index is 1300. The number of hydrogen-bond donors (Lipinski definition) is 3. The zero-order chi connectivity index (χ0) is 26.4. The molecule has 192 valence electrons. The highest BCUT2D eigenvalue weighted by Crippen LogP contribution is 2.30. The lowest BCUT2D eigenvalue weighted by Gasteiger charge is -2.34. The fourth-order valence-electron chi connectivity index (χ4n) is 3.95. The molecule has 1 fully saturated rings. The maximum atomic E-state index is 12.2. The van der Waals surface area contributed by atoms with Gasteiger partial charge >= 0.3 is 0 Å². The van der Waals surface area contributed by atoms with Crippen LogP contribution in [0.4, 0.5) is 22.9 Å². The summed E-state index contributed by atoms with van der Waals surface area (Å²) in [5.41, 5.74) is 8.52. The van der Waals surface area contributed by atoms with E-state index in [1.54, 1.807) is 24.3 Å². The van der Waals surface area contributed by atoms with Crippen molar-refractivity contribution in [3.63, 3.8) is 0 Å².